The third-order valence-electron chi connectivity index (χ3n) is 16.3. The van der Waals surface area contributed by atoms with Gasteiger partial charge in [-0.25, -0.2) is 9.97 Å². The molecule has 10 atom stereocenters. The van der Waals surface area contributed by atoms with Crippen LogP contribution in [-0.2, 0) is 0 Å². The van der Waals surface area contributed by atoms with Crippen molar-refractivity contribution in [2.24, 2.45) is 23.7 Å². The molecule has 6 saturated heterocycles. The predicted octanol–water partition coefficient (Wildman–Crippen LogP) is 11.3. The Kier molecular flexibility index (Phi) is 12.0. The van der Waals surface area contributed by atoms with Crippen LogP contribution in [0.25, 0.3) is 55.4 Å². The van der Waals surface area contributed by atoms with Crippen LogP contribution in [-0.4, -0.2) is 92.4 Å². The number of hydrogen-bond donors (Lipinski definition) is 0. The first-order valence-corrected chi connectivity index (χ1v) is 25.3. The number of piperidine rings is 6. The van der Waals surface area contributed by atoms with Crippen molar-refractivity contribution in [2.75, 3.05) is 40.4 Å². The van der Waals surface area contributed by atoms with Gasteiger partial charge in [-0.05, 0) is 111 Å². The number of rotatable bonds is 14. The number of pyridine rings is 2. The van der Waals surface area contributed by atoms with E-state index in [-0.39, 0.29) is 12.1 Å². The highest BCUT2D eigenvalue weighted by molar-refractivity contribution is 5.91. The van der Waals surface area contributed by atoms with Gasteiger partial charge < -0.3 is 18.9 Å². The molecular formula is C58H60N8O4. The summed E-state index contributed by atoms with van der Waals surface area (Å²) < 4.78 is 26.6. The molecule has 6 aliphatic heterocycles. The van der Waals surface area contributed by atoms with Crippen molar-refractivity contribution < 1.29 is 18.9 Å². The maximum atomic E-state index is 7.53. The van der Waals surface area contributed by atoms with Gasteiger partial charge in [-0.1, -0.05) is 87.4 Å². The Hall–Kier alpha value is -6.76. The van der Waals surface area contributed by atoms with Gasteiger partial charge in [0, 0.05) is 58.5 Å². The highest BCUT2D eigenvalue weighted by Crippen LogP contribution is 2.48. The molecule has 0 radical (unpaired) electrons. The van der Waals surface area contributed by atoms with Gasteiger partial charge in [0.1, 0.15) is 23.7 Å². The van der Waals surface area contributed by atoms with Gasteiger partial charge in [0.2, 0.25) is 0 Å². The summed E-state index contributed by atoms with van der Waals surface area (Å²) >= 11 is 0. The van der Waals surface area contributed by atoms with Gasteiger partial charge >= 0.3 is 0 Å². The van der Waals surface area contributed by atoms with Crippen LogP contribution in [0.2, 0.25) is 0 Å². The second-order valence-electron chi connectivity index (χ2n) is 19.8. The smallest absolute Gasteiger partial charge is 0.262 e. The Labute approximate surface area is 409 Å². The van der Waals surface area contributed by atoms with E-state index < -0.39 is 12.2 Å². The summed E-state index contributed by atoms with van der Waals surface area (Å²) in [4.78, 5) is 26.1. The highest BCUT2D eigenvalue weighted by Gasteiger charge is 2.46. The molecule has 2 unspecified atom stereocenters. The molecule has 12 nitrogen and oxygen atoms in total. The van der Waals surface area contributed by atoms with Crippen LogP contribution in [0.4, 0.5) is 0 Å². The zero-order valence-corrected chi connectivity index (χ0v) is 40.4. The van der Waals surface area contributed by atoms with Crippen LogP contribution in [0.1, 0.15) is 75.7 Å². The van der Waals surface area contributed by atoms with Crippen LogP contribution < -0.4 is 18.9 Å². The van der Waals surface area contributed by atoms with Crippen LogP contribution in [0.5, 0.6) is 23.3 Å². The molecule has 0 spiro atoms. The number of nitrogens with zero attached hydrogens (tertiary/aromatic N) is 8. The first-order valence-electron chi connectivity index (χ1n) is 25.3. The third kappa shape index (κ3) is 8.04. The lowest BCUT2D eigenvalue weighted by Crippen LogP contribution is -2.56. The Balaban J connectivity index is 1.06. The topological polar surface area (TPSA) is 121 Å². The molecule has 4 bridgehead atoms. The summed E-state index contributed by atoms with van der Waals surface area (Å²) in [7, 11) is 3.41. The van der Waals surface area contributed by atoms with Crippen LogP contribution in [0, 0.1) is 23.7 Å². The molecule has 0 saturated carbocycles. The molecule has 4 aromatic carbocycles. The number of aromatic nitrogens is 6. The summed E-state index contributed by atoms with van der Waals surface area (Å²) in [5.74, 6) is 4.65. The Morgan fingerprint density at radius 2 is 1.00 bits per heavy atom. The van der Waals surface area contributed by atoms with E-state index in [2.05, 4.69) is 72.2 Å². The molecule has 12 heteroatoms. The molecule has 70 heavy (non-hydrogen) atoms. The minimum absolute atomic E-state index is 0.0698. The largest absolute Gasteiger partial charge is 0.497 e. The lowest BCUT2D eigenvalue weighted by Gasteiger charge is -2.52. The molecular weight excluding hydrogens is 873 g/mol. The van der Waals surface area contributed by atoms with Crippen molar-refractivity contribution in [1.29, 1.82) is 0 Å². The highest BCUT2D eigenvalue weighted by atomic mass is 16.5. The number of methoxy groups -OCH3 is 2. The minimum atomic E-state index is -0.443. The Morgan fingerprint density at radius 3 is 1.39 bits per heavy atom. The normalized spacial score (nSPS) is 24.7. The number of ether oxygens (including phenoxy) is 4. The van der Waals surface area contributed by atoms with Crippen molar-refractivity contribution in [3.8, 4) is 45.8 Å². The molecule has 6 aliphatic rings. The van der Waals surface area contributed by atoms with E-state index >= 15 is 0 Å². The number of hydrogen-bond acceptors (Lipinski definition) is 12. The van der Waals surface area contributed by atoms with E-state index in [1.54, 1.807) is 14.2 Å². The van der Waals surface area contributed by atoms with E-state index in [4.69, 9.17) is 49.1 Å². The zero-order valence-electron chi connectivity index (χ0n) is 40.4. The lowest BCUT2D eigenvalue weighted by atomic mass is 9.72. The Bertz CT molecular complexity index is 2970. The van der Waals surface area contributed by atoms with Gasteiger partial charge in [0.05, 0.1) is 48.7 Å². The minimum Gasteiger partial charge on any atom is -0.497 e. The van der Waals surface area contributed by atoms with Crippen molar-refractivity contribution >= 4 is 32.8 Å². The summed E-state index contributed by atoms with van der Waals surface area (Å²) in [5, 5.41) is 12.1. The van der Waals surface area contributed by atoms with E-state index in [0.717, 1.165) is 119 Å². The average molecular weight is 933 g/mol. The second-order valence-corrected chi connectivity index (χ2v) is 19.8. The molecule has 8 aromatic rings. The van der Waals surface area contributed by atoms with Crippen molar-refractivity contribution in [3.63, 3.8) is 0 Å². The fraction of sp³-hybridized carbons (Fsp3) is 0.379. The van der Waals surface area contributed by atoms with E-state index in [1.165, 1.54) is 12.8 Å². The molecule has 0 amide bonds. The van der Waals surface area contributed by atoms with E-state index in [1.807, 2.05) is 73.1 Å². The summed E-state index contributed by atoms with van der Waals surface area (Å²) in [5.41, 5.74) is 8.06. The quantitative estimate of drug-likeness (QED) is 0.103. The van der Waals surface area contributed by atoms with Gasteiger partial charge in [-0.15, -0.1) is 10.2 Å². The maximum Gasteiger partial charge on any atom is 0.262 e. The summed E-state index contributed by atoms with van der Waals surface area (Å²) in [6.45, 7) is 8.75. The molecule has 6 fully saturated rings. The standard InChI is InChI=1S/C58H60N8O4/c1-5-35-33-65-27-23-39(35)29-49(65)55(43-21-25-59-47-19-17-41(67-3)31-45(43)47)69-57-53-54(62-52(38-15-11-8-12-16-38)51(61-53)37-13-9-7-10-14-37)58(64-63-57)70-56(50-30-40-24-28-66(50)34-36(40)6-2)44-22-26-60-48-20-18-42(68-4)32-46(44)48/h7-22,25-26,31-32,35-36,39-40,49-50,55-56H,5-6,23-24,27-30,33-34H2,1-4H3/t35-,36-,39-,40-,49+,50+,55-,56-/m0/s1. The van der Waals surface area contributed by atoms with Crippen LogP contribution in [0.3, 0.4) is 0 Å². The summed E-state index contributed by atoms with van der Waals surface area (Å²) in [6, 6.07) is 37.0. The van der Waals surface area contributed by atoms with Crippen LogP contribution >= 0.6 is 0 Å². The Morgan fingerprint density at radius 1 is 0.557 bits per heavy atom. The first-order chi connectivity index (χ1) is 34.5. The van der Waals surface area contributed by atoms with E-state index in [9.17, 15) is 0 Å². The van der Waals surface area contributed by atoms with Crippen molar-refractivity contribution in [2.45, 2.75) is 76.7 Å². The molecule has 10 heterocycles. The SMILES string of the molecule is CC[C@H]1CN2CC[C@H]1C[C@@H]2[C@@H](Oc1nnc(O[C@@H](c2ccnc3ccc(OC)cc23)[C@H]2C[C@@H]3CCN2C[C@@H]3CC)c2nc(-c3ccccc3)c(-c3ccccc3)nc12)c1ccnc2ccc(OC)cc12. The average Bonchev–Trinajstić information content (AvgIpc) is 3.43. The number of benzene rings is 4. The predicted molar refractivity (Wildman–Crippen MR) is 273 cm³/mol. The molecule has 14 rings (SSSR count). The first kappa shape index (κ1) is 44.4. The monoisotopic (exact) mass is 932 g/mol. The maximum absolute atomic E-state index is 7.53. The van der Waals surface area contributed by atoms with Crippen molar-refractivity contribution in [1.82, 2.24) is 39.9 Å². The zero-order chi connectivity index (χ0) is 47.3. The fourth-order valence-electron chi connectivity index (χ4n) is 12.6. The summed E-state index contributed by atoms with van der Waals surface area (Å²) in [6.07, 6.45) is 9.61. The third-order valence-corrected chi connectivity index (χ3v) is 16.3. The van der Waals surface area contributed by atoms with Crippen molar-refractivity contribution in [3.05, 3.63) is 133 Å². The fourth-order valence-corrected chi connectivity index (χ4v) is 12.6. The molecule has 0 aliphatic carbocycles. The van der Waals surface area contributed by atoms with E-state index in [0.29, 0.717) is 46.5 Å². The molecule has 4 aromatic heterocycles. The molecule has 356 valence electrons. The van der Waals surface area contributed by atoms with Gasteiger partial charge in [0.25, 0.3) is 11.8 Å². The van der Waals surface area contributed by atoms with Crippen LogP contribution in [0.15, 0.2) is 122 Å². The van der Waals surface area contributed by atoms with Gasteiger partial charge in [0.15, 0.2) is 11.0 Å². The molecule has 0 N–H and O–H groups in total. The second kappa shape index (κ2) is 18.9. The van der Waals surface area contributed by atoms with Gasteiger partial charge in [-0.2, -0.15) is 0 Å². The number of fused-ring (bicyclic) bond motifs is 9. The van der Waals surface area contributed by atoms with Gasteiger partial charge in [-0.3, -0.25) is 19.8 Å². The lowest BCUT2D eigenvalue weighted by molar-refractivity contribution is -0.0505.